The van der Waals surface area contributed by atoms with Crippen LogP contribution >= 0.6 is 22.6 Å². The van der Waals surface area contributed by atoms with Crippen LogP contribution in [0.3, 0.4) is 0 Å². The first-order valence-corrected chi connectivity index (χ1v) is 18.8. The summed E-state index contributed by atoms with van der Waals surface area (Å²) < 4.78 is 54.1. The SMILES string of the molecule is Cc1ccc2nc(N3CCS(=O)(=O)c4ccccc4C3)nc(NCC3(NCCCOCCOCCOCCOCI)COC3)c2c1. The maximum atomic E-state index is 13.0. The zero-order chi connectivity index (χ0) is 32.2. The van der Waals surface area contributed by atoms with Gasteiger partial charge in [-0.25, -0.2) is 13.4 Å². The molecule has 0 unspecified atom stereocenters. The zero-order valence-corrected chi connectivity index (χ0v) is 29.3. The number of benzene rings is 2. The van der Waals surface area contributed by atoms with Gasteiger partial charge in [0.2, 0.25) is 5.95 Å². The van der Waals surface area contributed by atoms with Crippen LogP contribution in [0.15, 0.2) is 47.4 Å². The highest BCUT2D eigenvalue weighted by molar-refractivity contribution is 14.1. The molecule has 2 aliphatic heterocycles. The summed E-state index contributed by atoms with van der Waals surface area (Å²) in [6.07, 6.45) is 0.862. The fraction of sp³-hybridized carbons (Fsp3) is 0.562. The van der Waals surface area contributed by atoms with E-state index in [1.807, 2.05) is 36.1 Å². The molecule has 0 atom stereocenters. The minimum absolute atomic E-state index is 0.00727. The lowest BCUT2D eigenvalue weighted by Gasteiger charge is -2.42. The van der Waals surface area contributed by atoms with E-state index in [0.29, 0.717) is 94.6 Å². The van der Waals surface area contributed by atoms with Crippen LogP contribution in [0.5, 0.6) is 0 Å². The molecule has 2 aliphatic rings. The summed E-state index contributed by atoms with van der Waals surface area (Å²) in [7, 11) is -3.39. The molecule has 46 heavy (non-hydrogen) atoms. The topological polar surface area (TPSA) is 133 Å². The van der Waals surface area contributed by atoms with Crippen LogP contribution in [0.25, 0.3) is 10.9 Å². The van der Waals surface area contributed by atoms with Gasteiger partial charge in [-0.2, -0.15) is 4.98 Å². The van der Waals surface area contributed by atoms with Gasteiger partial charge in [-0.05, 0) is 43.7 Å². The van der Waals surface area contributed by atoms with Crippen molar-refractivity contribution in [3.63, 3.8) is 0 Å². The van der Waals surface area contributed by atoms with Crippen molar-refractivity contribution in [3.8, 4) is 0 Å². The lowest BCUT2D eigenvalue weighted by Crippen LogP contribution is -2.64. The van der Waals surface area contributed by atoms with E-state index in [4.69, 9.17) is 33.7 Å². The number of sulfone groups is 1. The van der Waals surface area contributed by atoms with Crippen molar-refractivity contribution in [2.45, 2.75) is 30.3 Å². The van der Waals surface area contributed by atoms with Crippen LogP contribution in [0.2, 0.25) is 0 Å². The molecule has 0 amide bonds. The Morgan fingerprint density at radius 1 is 0.957 bits per heavy atom. The van der Waals surface area contributed by atoms with E-state index >= 15 is 0 Å². The highest BCUT2D eigenvalue weighted by Gasteiger charge is 2.38. The molecule has 3 aromatic rings. The molecule has 12 nitrogen and oxygen atoms in total. The van der Waals surface area contributed by atoms with Gasteiger partial charge in [0, 0.05) is 31.6 Å². The van der Waals surface area contributed by atoms with E-state index < -0.39 is 9.84 Å². The highest BCUT2D eigenvalue weighted by Crippen LogP contribution is 2.29. The second-order valence-electron chi connectivity index (χ2n) is 11.5. The van der Waals surface area contributed by atoms with Gasteiger partial charge in [0.25, 0.3) is 0 Å². The van der Waals surface area contributed by atoms with E-state index in [2.05, 4.69) is 39.3 Å². The van der Waals surface area contributed by atoms with Gasteiger partial charge < -0.3 is 39.2 Å². The molecule has 0 saturated carbocycles. The van der Waals surface area contributed by atoms with E-state index in [0.717, 1.165) is 40.8 Å². The number of anilines is 2. The molecule has 2 aromatic carbocycles. The third-order valence-electron chi connectivity index (χ3n) is 7.93. The highest BCUT2D eigenvalue weighted by atomic mass is 127. The fourth-order valence-corrected chi connectivity index (χ4v) is 7.16. The Bertz CT molecular complexity index is 1530. The van der Waals surface area contributed by atoms with Gasteiger partial charge in [-0.15, -0.1) is 0 Å². The monoisotopic (exact) mass is 769 g/mol. The Balaban J connectivity index is 1.13. The van der Waals surface area contributed by atoms with Crippen molar-refractivity contribution in [2.24, 2.45) is 0 Å². The Kier molecular flexibility index (Phi) is 13.2. The van der Waals surface area contributed by atoms with Crippen molar-refractivity contribution >= 4 is 55.1 Å². The maximum Gasteiger partial charge on any atom is 0.228 e. The van der Waals surface area contributed by atoms with Gasteiger partial charge >= 0.3 is 0 Å². The number of rotatable bonds is 19. The molecule has 3 heterocycles. The number of fused-ring (bicyclic) bond motifs is 2. The number of nitrogens with one attached hydrogen (secondary N) is 2. The number of aromatic nitrogens is 2. The summed E-state index contributed by atoms with van der Waals surface area (Å²) >= 11 is 2.16. The first-order chi connectivity index (χ1) is 22.4. The molecule has 0 bridgehead atoms. The standard InChI is InChI=1S/C32H44IN5O7S/c1-25-7-8-28-27(19-25)30(37-31(36-28)38-10-18-46(39,40)29-6-3-2-5-26(29)20-38)34-21-32(22-45-23-32)35-9-4-11-41-12-13-42-14-15-43-16-17-44-24-33/h2-3,5-8,19,35H,4,9-18,20-24H2,1H3,(H,34,36,37). The first-order valence-electron chi connectivity index (χ1n) is 15.7. The fourth-order valence-electron chi connectivity index (χ4n) is 5.35. The summed E-state index contributed by atoms with van der Waals surface area (Å²) in [5.74, 6) is 1.24. The van der Waals surface area contributed by atoms with Gasteiger partial charge in [0.15, 0.2) is 9.84 Å². The predicted octanol–water partition coefficient (Wildman–Crippen LogP) is 3.35. The smallest absolute Gasteiger partial charge is 0.228 e. The van der Waals surface area contributed by atoms with Crippen LogP contribution in [-0.2, 0) is 40.1 Å². The quantitative estimate of drug-likeness (QED) is 0.105. The molecular formula is C32H44IN5O7S. The molecule has 0 aliphatic carbocycles. The summed E-state index contributed by atoms with van der Waals surface area (Å²) in [6, 6.07) is 13.3. The molecule has 1 fully saturated rings. The third kappa shape index (κ3) is 9.69. The zero-order valence-electron chi connectivity index (χ0n) is 26.3. The summed E-state index contributed by atoms with van der Waals surface area (Å²) in [5.41, 5.74) is 2.45. The number of hydrogen-bond acceptors (Lipinski definition) is 12. The van der Waals surface area contributed by atoms with Crippen molar-refractivity contribution in [2.75, 3.05) is 99.7 Å². The number of ether oxygens (including phenoxy) is 5. The molecular weight excluding hydrogens is 725 g/mol. The Morgan fingerprint density at radius 3 is 2.39 bits per heavy atom. The van der Waals surface area contributed by atoms with Gasteiger partial charge in [0.1, 0.15) is 5.82 Å². The number of hydrogen-bond donors (Lipinski definition) is 2. The van der Waals surface area contributed by atoms with Crippen LogP contribution in [0, 0.1) is 6.92 Å². The van der Waals surface area contributed by atoms with Crippen LogP contribution < -0.4 is 15.5 Å². The molecule has 0 radical (unpaired) electrons. The third-order valence-corrected chi connectivity index (χ3v) is 10.2. The second-order valence-corrected chi connectivity index (χ2v) is 14.2. The Labute approximate surface area is 284 Å². The summed E-state index contributed by atoms with van der Waals surface area (Å²) in [4.78, 5) is 12.2. The van der Waals surface area contributed by atoms with Gasteiger partial charge in [0.05, 0.1) is 79.2 Å². The lowest BCUT2D eigenvalue weighted by molar-refractivity contribution is -0.0675. The second kappa shape index (κ2) is 17.3. The largest absolute Gasteiger partial charge is 0.379 e. The van der Waals surface area contributed by atoms with Crippen LogP contribution in [0.1, 0.15) is 17.5 Å². The maximum absolute atomic E-state index is 13.0. The molecule has 5 rings (SSSR count). The number of aryl methyl sites for hydroxylation is 1. The van der Waals surface area contributed by atoms with Crippen LogP contribution in [-0.4, -0.2) is 113 Å². The number of alkyl halides is 1. The summed E-state index contributed by atoms with van der Waals surface area (Å²) in [6.45, 7) is 9.37. The molecule has 14 heteroatoms. The first kappa shape index (κ1) is 35.1. The van der Waals surface area contributed by atoms with Gasteiger partial charge in [-0.3, -0.25) is 0 Å². The normalized spacial score (nSPS) is 17.0. The van der Waals surface area contributed by atoms with Crippen molar-refractivity contribution < 1.29 is 32.1 Å². The van der Waals surface area contributed by atoms with Crippen LogP contribution in [0.4, 0.5) is 11.8 Å². The van der Waals surface area contributed by atoms with E-state index in [1.165, 1.54) is 0 Å². The Hall–Kier alpha value is -2.18. The van der Waals surface area contributed by atoms with E-state index in [1.54, 1.807) is 12.1 Å². The number of halogens is 1. The predicted molar refractivity (Wildman–Crippen MR) is 186 cm³/mol. The average Bonchev–Trinajstić information content (AvgIpc) is 3.17. The lowest BCUT2D eigenvalue weighted by atomic mass is 9.97. The molecule has 1 saturated heterocycles. The minimum atomic E-state index is -3.39. The van der Waals surface area contributed by atoms with E-state index in [-0.39, 0.29) is 11.3 Å². The Morgan fingerprint density at radius 2 is 1.67 bits per heavy atom. The minimum Gasteiger partial charge on any atom is -0.379 e. The number of nitrogens with zero attached hydrogens (tertiary/aromatic N) is 3. The molecule has 0 spiro atoms. The summed E-state index contributed by atoms with van der Waals surface area (Å²) in [5, 5.41) is 8.17. The van der Waals surface area contributed by atoms with Gasteiger partial charge in [-0.1, -0.05) is 52.4 Å². The van der Waals surface area contributed by atoms with Crippen molar-refractivity contribution in [3.05, 3.63) is 53.6 Å². The van der Waals surface area contributed by atoms with Crippen molar-refractivity contribution in [1.29, 1.82) is 0 Å². The molecule has 2 N–H and O–H groups in total. The van der Waals surface area contributed by atoms with Crippen molar-refractivity contribution in [1.82, 2.24) is 15.3 Å². The average molecular weight is 770 g/mol. The molecule has 252 valence electrons. The van der Waals surface area contributed by atoms with E-state index in [9.17, 15) is 8.42 Å². The molecule has 1 aromatic heterocycles.